The minimum absolute atomic E-state index is 0.176. The zero-order valence-electron chi connectivity index (χ0n) is 12.0. The minimum Gasteiger partial charge on any atom is -0.315 e. The molecule has 2 aliphatic heterocycles. The molecule has 106 valence electrons. The van der Waals surface area contributed by atoms with Crippen LogP contribution in [0.25, 0.3) is 0 Å². The molecule has 0 aromatic heterocycles. The van der Waals surface area contributed by atoms with Gasteiger partial charge in [-0.15, -0.1) is 11.8 Å². The maximum absolute atomic E-state index is 12.7. The second kappa shape index (κ2) is 4.63. The van der Waals surface area contributed by atoms with Crippen molar-refractivity contribution in [2.75, 3.05) is 12.3 Å². The average Bonchev–Trinajstić information content (AvgIpc) is 3.08. The predicted octanol–water partition coefficient (Wildman–Crippen LogP) is 3.65. The number of rotatable bonds is 2. The van der Waals surface area contributed by atoms with Crippen LogP contribution in [0.5, 0.6) is 0 Å². The highest BCUT2D eigenvalue weighted by atomic mass is 32.2. The van der Waals surface area contributed by atoms with Crippen molar-refractivity contribution in [3.05, 3.63) is 70.8 Å². The zero-order valence-corrected chi connectivity index (χ0v) is 12.8. The van der Waals surface area contributed by atoms with Crippen LogP contribution in [0, 0.1) is 0 Å². The molecule has 0 aliphatic carbocycles. The summed E-state index contributed by atoms with van der Waals surface area (Å²) in [5.41, 5.74) is 4.58. The van der Waals surface area contributed by atoms with Gasteiger partial charge in [0.1, 0.15) is 4.87 Å². The van der Waals surface area contributed by atoms with E-state index in [1.165, 1.54) is 11.1 Å². The van der Waals surface area contributed by atoms with Gasteiger partial charge in [-0.3, -0.25) is 4.79 Å². The molecule has 1 amide bonds. The molecule has 1 saturated heterocycles. The van der Waals surface area contributed by atoms with Crippen molar-refractivity contribution in [3.63, 3.8) is 0 Å². The molecule has 0 saturated carbocycles. The fraction of sp³-hybridized carbons (Fsp3) is 0.278. The number of amides is 1. The summed E-state index contributed by atoms with van der Waals surface area (Å²) in [5.74, 6) is 1.17. The monoisotopic (exact) mass is 295 g/mol. The summed E-state index contributed by atoms with van der Waals surface area (Å²) in [7, 11) is 0. The van der Waals surface area contributed by atoms with Crippen molar-refractivity contribution in [3.8, 4) is 0 Å². The van der Waals surface area contributed by atoms with Crippen molar-refractivity contribution < 1.29 is 4.79 Å². The summed E-state index contributed by atoms with van der Waals surface area (Å²) in [6, 6.07) is 16.8. The SMILES string of the molecule is CCc1ccc([C@]23SCCN2C(=O)c2ccccc23)cc1. The number of hydrogen-bond acceptors (Lipinski definition) is 2. The molecule has 2 aromatic carbocycles. The van der Waals surface area contributed by atoms with Crippen molar-refractivity contribution in [1.82, 2.24) is 4.90 Å². The molecule has 1 atom stereocenters. The Labute approximate surface area is 129 Å². The Morgan fingerprint density at radius 2 is 1.90 bits per heavy atom. The number of carbonyl (C=O) groups excluding carboxylic acids is 1. The summed E-state index contributed by atoms with van der Waals surface area (Å²) in [6.45, 7) is 2.99. The van der Waals surface area contributed by atoms with Gasteiger partial charge < -0.3 is 4.90 Å². The summed E-state index contributed by atoms with van der Waals surface area (Å²) >= 11 is 1.88. The summed E-state index contributed by atoms with van der Waals surface area (Å²) in [4.78, 5) is 14.4. The van der Waals surface area contributed by atoms with Gasteiger partial charge in [0.05, 0.1) is 0 Å². The number of fused-ring (bicyclic) bond motifs is 3. The molecular weight excluding hydrogens is 278 g/mol. The first-order valence-electron chi connectivity index (χ1n) is 7.42. The Bertz CT molecular complexity index is 709. The van der Waals surface area contributed by atoms with E-state index in [4.69, 9.17) is 0 Å². The fourth-order valence-corrected chi connectivity index (χ4v) is 4.99. The first-order valence-corrected chi connectivity index (χ1v) is 8.41. The van der Waals surface area contributed by atoms with E-state index in [0.717, 1.165) is 29.8 Å². The Balaban J connectivity index is 1.93. The van der Waals surface area contributed by atoms with E-state index >= 15 is 0 Å². The van der Waals surface area contributed by atoms with Crippen LogP contribution in [0.3, 0.4) is 0 Å². The molecule has 3 heteroatoms. The third-order valence-corrected chi connectivity index (χ3v) is 6.01. The molecule has 0 radical (unpaired) electrons. The fourth-order valence-electron chi connectivity index (χ4n) is 3.46. The second-order valence-corrected chi connectivity index (χ2v) is 6.83. The standard InChI is InChI=1S/C18H17NOS/c1-2-13-7-9-14(10-8-13)18-16-6-4-3-5-15(16)17(20)19(18)11-12-21-18/h3-10H,2,11-12H2,1H3/t18-/m1/s1. The van der Waals surface area contributed by atoms with Crippen molar-refractivity contribution in [2.45, 2.75) is 18.2 Å². The maximum Gasteiger partial charge on any atom is 0.255 e. The Hall–Kier alpha value is -1.74. The smallest absolute Gasteiger partial charge is 0.255 e. The van der Waals surface area contributed by atoms with Gasteiger partial charge in [0, 0.05) is 23.4 Å². The van der Waals surface area contributed by atoms with Crippen LogP contribution in [-0.2, 0) is 11.3 Å². The molecule has 1 fully saturated rings. The van der Waals surface area contributed by atoms with Gasteiger partial charge in [0.2, 0.25) is 0 Å². The first kappa shape index (κ1) is 13.0. The van der Waals surface area contributed by atoms with E-state index < -0.39 is 0 Å². The molecular formula is C18H17NOS. The van der Waals surface area contributed by atoms with Gasteiger partial charge in [0.25, 0.3) is 5.91 Å². The largest absolute Gasteiger partial charge is 0.315 e. The van der Waals surface area contributed by atoms with Gasteiger partial charge >= 0.3 is 0 Å². The van der Waals surface area contributed by atoms with Gasteiger partial charge in [-0.05, 0) is 23.6 Å². The van der Waals surface area contributed by atoms with Crippen molar-refractivity contribution in [2.24, 2.45) is 0 Å². The summed E-state index contributed by atoms with van der Waals surface area (Å²) in [5, 5.41) is 0. The van der Waals surface area contributed by atoms with E-state index in [-0.39, 0.29) is 10.8 Å². The van der Waals surface area contributed by atoms with E-state index in [2.05, 4.69) is 37.3 Å². The molecule has 2 nitrogen and oxygen atoms in total. The van der Waals surface area contributed by atoms with Gasteiger partial charge in [-0.25, -0.2) is 0 Å². The lowest BCUT2D eigenvalue weighted by Crippen LogP contribution is -2.37. The molecule has 0 bridgehead atoms. The minimum atomic E-state index is -0.306. The van der Waals surface area contributed by atoms with E-state index in [1.54, 1.807) is 0 Å². The normalized spacial score (nSPS) is 23.3. The molecule has 2 aliphatic rings. The maximum atomic E-state index is 12.7. The van der Waals surface area contributed by atoms with Crippen LogP contribution in [0.1, 0.15) is 34.0 Å². The summed E-state index contributed by atoms with van der Waals surface area (Å²) < 4.78 is 0. The quantitative estimate of drug-likeness (QED) is 0.843. The molecule has 2 aromatic rings. The van der Waals surface area contributed by atoms with Gasteiger partial charge in [0.15, 0.2) is 0 Å². The van der Waals surface area contributed by atoms with E-state index in [0.29, 0.717) is 0 Å². The van der Waals surface area contributed by atoms with Crippen molar-refractivity contribution in [1.29, 1.82) is 0 Å². The summed E-state index contributed by atoms with van der Waals surface area (Å²) in [6.07, 6.45) is 1.04. The van der Waals surface area contributed by atoms with Gasteiger partial charge in [-0.2, -0.15) is 0 Å². The number of benzene rings is 2. The van der Waals surface area contributed by atoms with Crippen LogP contribution in [0.2, 0.25) is 0 Å². The number of nitrogens with zero attached hydrogens (tertiary/aromatic N) is 1. The lowest BCUT2D eigenvalue weighted by atomic mass is 9.96. The molecule has 0 N–H and O–H groups in total. The molecule has 2 heterocycles. The number of aryl methyl sites for hydroxylation is 1. The van der Waals surface area contributed by atoms with Crippen LogP contribution in [0.4, 0.5) is 0 Å². The number of carbonyl (C=O) groups is 1. The van der Waals surface area contributed by atoms with Gasteiger partial charge in [-0.1, -0.05) is 49.4 Å². The van der Waals surface area contributed by atoms with Crippen LogP contribution in [-0.4, -0.2) is 23.1 Å². The van der Waals surface area contributed by atoms with E-state index in [9.17, 15) is 4.79 Å². The highest BCUT2D eigenvalue weighted by Gasteiger charge is 2.54. The Kier molecular flexibility index (Phi) is 2.86. The molecule has 0 unspecified atom stereocenters. The van der Waals surface area contributed by atoms with Crippen molar-refractivity contribution >= 4 is 17.7 Å². The van der Waals surface area contributed by atoms with E-state index in [1.807, 2.05) is 34.9 Å². The Morgan fingerprint density at radius 3 is 2.67 bits per heavy atom. The highest BCUT2D eigenvalue weighted by molar-refractivity contribution is 8.00. The number of thioether (sulfide) groups is 1. The topological polar surface area (TPSA) is 20.3 Å². The van der Waals surface area contributed by atoms with Crippen LogP contribution >= 0.6 is 11.8 Å². The predicted molar refractivity (Wildman–Crippen MR) is 86.5 cm³/mol. The lowest BCUT2D eigenvalue weighted by Gasteiger charge is -2.32. The molecule has 21 heavy (non-hydrogen) atoms. The molecule has 0 spiro atoms. The third kappa shape index (κ3) is 1.64. The average molecular weight is 295 g/mol. The zero-order chi connectivity index (χ0) is 14.4. The third-order valence-electron chi connectivity index (χ3n) is 4.53. The first-order chi connectivity index (χ1) is 10.3. The molecule has 4 rings (SSSR count). The second-order valence-electron chi connectivity index (χ2n) is 5.55. The Morgan fingerprint density at radius 1 is 1.14 bits per heavy atom. The number of hydrogen-bond donors (Lipinski definition) is 0. The lowest BCUT2D eigenvalue weighted by molar-refractivity contribution is 0.0752. The van der Waals surface area contributed by atoms with Crippen LogP contribution in [0.15, 0.2) is 48.5 Å². The highest BCUT2D eigenvalue weighted by Crippen LogP contribution is 2.55. The van der Waals surface area contributed by atoms with Crippen LogP contribution < -0.4 is 0 Å².